The van der Waals surface area contributed by atoms with Crippen molar-refractivity contribution < 1.29 is 19.1 Å². The lowest BCUT2D eigenvalue weighted by Gasteiger charge is -2.26. The highest BCUT2D eigenvalue weighted by molar-refractivity contribution is 8.47. The molecule has 29 heavy (non-hydrogen) atoms. The van der Waals surface area contributed by atoms with E-state index in [1.54, 1.807) is 11.8 Å². The lowest BCUT2D eigenvalue weighted by atomic mass is 9.81. The second-order valence-electron chi connectivity index (χ2n) is 8.63. The van der Waals surface area contributed by atoms with Crippen LogP contribution in [0.15, 0.2) is 0 Å². The van der Waals surface area contributed by atoms with Gasteiger partial charge < -0.3 is 9.47 Å². The Bertz CT molecular complexity index is 516. The average Bonchev–Trinajstić information content (AvgIpc) is 2.62. The van der Waals surface area contributed by atoms with Gasteiger partial charge in [0.25, 0.3) is 0 Å². The normalized spacial score (nSPS) is 12.1. The van der Waals surface area contributed by atoms with Crippen molar-refractivity contribution in [3.05, 3.63) is 0 Å². The first kappa shape index (κ1) is 28.7. The Morgan fingerprint density at radius 2 is 1.41 bits per heavy atom. The summed E-state index contributed by atoms with van der Waals surface area (Å²) >= 11 is 8.42. The fourth-order valence-electron chi connectivity index (χ4n) is 2.06. The van der Waals surface area contributed by atoms with Gasteiger partial charge in [-0.15, -0.1) is 11.8 Å². The first-order chi connectivity index (χ1) is 13.4. The van der Waals surface area contributed by atoms with E-state index in [1.165, 1.54) is 11.8 Å². The molecule has 0 saturated carbocycles. The highest BCUT2D eigenvalue weighted by atomic mass is 32.2. The Morgan fingerprint density at radius 3 is 1.90 bits per heavy atom. The summed E-state index contributed by atoms with van der Waals surface area (Å²) in [5.41, 5.74) is -0.449. The van der Waals surface area contributed by atoms with Crippen LogP contribution >= 0.6 is 35.7 Å². The standard InChI is InChI=1S/C22H40O4S3/c1-8-9-16-28-20(27)29-22(6,7)19(24)26-15-13-11-10-12-14-25-18(23)21(4,5)17(2)3/h17H,8-16H2,1-7H3. The molecular weight excluding hydrogens is 424 g/mol. The number of thioether (sulfide) groups is 2. The molecule has 0 bridgehead atoms. The molecule has 0 saturated heterocycles. The van der Waals surface area contributed by atoms with Crippen LogP contribution in [0.2, 0.25) is 0 Å². The molecule has 0 heterocycles. The summed E-state index contributed by atoms with van der Waals surface area (Å²) in [6, 6.07) is 0. The quantitative estimate of drug-likeness (QED) is 0.162. The third-order valence-electron chi connectivity index (χ3n) is 5.02. The topological polar surface area (TPSA) is 52.6 Å². The fourth-order valence-corrected chi connectivity index (χ4v) is 5.21. The minimum Gasteiger partial charge on any atom is -0.465 e. The Hall–Kier alpha value is -0.270. The first-order valence-corrected chi connectivity index (χ1v) is 12.9. The van der Waals surface area contributed by atoms with Crippen molar-refractivity contribution in [2.24, 2.45) is 11.3 Å². The predicted octanol–water partition coefficient (Wildman–Crippen LogP) is 6.65. The minimum absolute atomic E-state index is 0.132. The van der Waals surface area contributed by atoms with Gasteiger partial charge in [0.15, 0.2) is 0 Å². The molecule has 0 aromatic carbocycles. The first-order valence-electron chi connectivity index (χ1n) is 10.6. The van der Waals surface area contributed by atoms with Crippen LogP contribution in [0.3, 0.4) is 0 Å². The van der Waals surface area contributed by atoms with Crippen LogP contribution in [0, 0.1) is 11.3 Å². The molecule has 0 aliphatic heterocycles. The van der Waals surface area contributed by atoms with Gasteiger partial charge in [0.1, 0.15) is 8.28 Å². The van der Waals surface area contributed by atoms with Crippen LogP contribution in [0.5, 0.6) is 0 Å². The van der Waals surface area contributed by atoms with E-state index in [2.05, 4.69) is 6.92 Å². The highest BCUT2D eigenvalue weighted by Crippen LogP contribution is 2.32. The van der Waals surface area contributed by atoms with Crippen molar-refractivity contribution in [1.82, 2.24) is 0 Å². The summed E-state index contributed by atoms with van der Waals surface area (Å²) in [6.07, 6.45) is 5.81. The van der Waals surface area contributed by atoms with Gasteiger partial charge >= 0.3 is 11.9 Å². The van der Waals surface area contributed by atoms with E-state index in [4.69, 9.17) is 21.7 Å². The maximum atomic E-state index is 12.3. The van der Waals surface area contributed by atoms with Crippen molar-refractivity contribution in [1.29, 1.82) is 0 Å². The molecule has 0 radical (unpaired) electrons. The molecule has 0 aromatic heterocycles. The van der Waals surface area contributed by atoms with Gasteiger partial charge in [-0.1, -0.05) is 51.2 Å². The molecule has 0 amide bonds. The number of thiocarbonyl (C=S) groups is 1. The molecule has 7 heteroatoms. The minimum atomic E-state index is -0.659. The molecule has 0 N–H and O–H groups in total. The molecule has 0 aromatic rings. The summed E-state index contributed by atoms with van der Waals surface area (Å²) in [5, 5.41) is 0. The molecule has 0 atom stereocenters. The second-order valence-corrected chi connectivity index (χ2v) is 12.5. The van der Waals surface area contributed by atoms with Crippen molar-refractivity contribution in [2.75, 3.05) is 19.0 Å². The van der Waals surface area contributed by atoms with Crippen molar-refractivity contribution in [3.8, 4) is 0 Å². The van der Waals surface area contributed by atoms with E-state index >= 15 is 0 Å². The molecule has 0 unspecified atom stereocenters. The summed E-state index contributed by atoms with van der Waals surface area (Å²) in [6.45, 7) is 14.6. The highest BCUT2D eigenvalue weighted by Gasteiger charge is 2.33. The number of rotatable bonds is 14. The number of esters is 2. The Labute approximate surface area is 192 Å². The van der Waals surface area contributed by atoms with Crippen LogP contribution in [0.4, 0.5) is 0 Å². The van der Waals surface area contributed by atoms with E-state index in [9.17, 15) is 9.59 Å². The summed E-state index contributed by atoms with van der Waals surface area (Å²) in [4.78, 5) is 24.4. The zero-order chi connectivity index (χ0) is 22.5. The van der Waals surface area contributed by atoms with Gasteiger partial charge in [-0.05, 0) is 71.5 Å². The smallest absolute Gasteiger partial charge is 0.322 e. The van der Waals surface area contributed by atoms with E-state index in [1.807, 2.05) is 41.5 Å². The number of unbranched alkanes of at least 4 members (excludes halogenated alkanes) is 4. The molecule has 0 aliphatic rings. The average molecular weight is 465 g/mol. The Kier molecular flexibility index (Phi) is 14.5. The van der Waals surface area contributed by atoms with E-state index in [-0.39, 0.29) is 17.9 Å². The monoisotopic (exact) mass is 464 g/mol. The van der Waals surface area contributed by atoms with Crippen LogP contribution in [0.1, 0.15) is 87.0 Å². The van der Waals surface area contributed by atoms with Gasteiger partial charge in [0.2, 0.25) is 0 Å². The second kappa shape index (κ2) is 14.7. The number of carbonyl (C=O) groups is 2. The van der Waals surface area contributed by atoms with E-state index in [0.29, 0.717) is 13.2 Å². The van der Waals surface area contributed by atoms with Gasteiger partial charge in [-0.3, -0.25) is 9.59 Å². The third kappa shape index (κ3) is 12.2. The molecule has 4 nitrogen and oxygen atoms in total. The zero-order valence-corrected chi connectivity index (χ0v) is 21.7. The molecule has 0 aliphatic carbocycles. The number of carbonyl (C=O) groups excluding carboxylic acids is 2. The molecule has 0 spiro atoms. The zero-order valence-electron chi connectivity index (χ0n) is 19.3. The SMILES string of the molecule is CCCCSC(=S)SC(C)(C)C(=O)OCCCCCCOC(=O)C(C)(C)C(C)C. The lowest BCUT2D eigenvalue weighted by Crippen LogP contribution is -2.32. The van der Waals surface area contributed by atoms with Crippen LogP contribution < -0.4 is 0 Å². The van der Waals surface area contributed by atoms with Crippen molar-refractivity contribution in [2.45, 2.75) is 91.7 Å². The van der Waals surface area contributed by atoms with Gasteiger partial charge in [-0.25, -0.2) is 0 Å². The van der Waals surface area contributed by atoms with Gasteiger partial charge in [0.05, 0.1) is 18.6 Å². The Morgan fingerprint density at radius 1 is 0.897 bits per heavy atom. The van der Waals surface area contributed by atoms with Crippen LogP contribution in [-0.4, -0.2) is 39.2 Å². The summed E-state index contributed by atoms with van der Waals surface area (Å²) in [7, 11) is 0. The maximum Gasteiger partial charge on any atom is 0.322 e. The fraction of sp³-hybridized carbons (Fsp3) is 0.864. The Balaban J connectivity index is 3.90. The molecular formula is C22H40O4S3. The van der Waals surface area contributed by atoms with Gasteiger partial charge in [0, 0.05) is 0 Å². The number of hydrogen-bond donors (Lipinski definition) is 0. The maximum absolute atomic E-state index is 12.3. The van der Waals surface area contributed by atoms with E-state index in [0.717, 1.165) is 47.8 Å². The van der Waals surface area contributed by atoms with Crippen LogP contribution in [0.25, 0.3) is 0 Å². The molecule has 0 fully saturated rings. The van der Waals surface area contributed by atoms with Crippen molar-refractivity contribution >= 4 is 51.2 Å². The largest absolute Gasteiger partial charge is 0.465 e. The third-order valence-corrected chi connectivity index (χ3v) is 7.80. The lowest BCUT2D eigenvalue weighted by molar-refractivity contribution is -0.156. The number of ether oxygens (including phenoxy) is 2. The molecule has 170 valence electrons. The van der Waals surface area contributed by atoms with Gasteiger partial charge in [-0.2, -0.15) is 0 Å². The predicted molar refractivity (Wildman–Crippen MR) is 131 cm³/mol. The van der Waals surface area contributed by atoms with Crippen LogP contribution in [-0.2, 0) is 19.1 Å². The summed E-state index contributed by atoms with van der Waals surface area (Å²) < 4.78 is 11.0. The number of hydrogen-bond acceptors (Lipinski definition) is 7. The van der Waals surface area contributed by atoms with Crippen molar-refractivity contribution in [3.63, 3.8) is 0 Å². The summed E-state index contributed by atoms with van der Waals surface area (Å²) in [5.74, 6) is 0.895. The van der Waals surface area contributed by atoms with E-state index < -0.39 is 10.2 Å². The molecule has 0 rings (SSSR count).